The van der Waals surface area contributed by atoms with Gasteiger partial charge in [0.05, 0.1) is 12.1 Å². The van der Waals surface area contributed by atoms with Crippen molar-refractivity contribution in [3.63, 3.8) is 0 Å². The highest BCUT2D eigenvalue weighted by atomic mass is 19.3. The highest BCUT2D eigenvalue weighted by Gasteiger charge is 2.47. The lowest BCUT2D eigenvalue weighted by molar-refractivity contribution is -0.0636. The molecule has 1 aliphatic carbocycles. The van der Waals surface area contributed by atoms with Crippen LogP contribution in [0.2, 0.25) is 0 Å². The Hall–Kier alpha value is -3.96. The van der Waals surface area contributed by atoms with Crippen molar-refractivity contribution in [1.29, 1.82) is 0 Å². The van der Waals surface area contributed by atoms with Gasteiger partial charge in [-0.05, 0) is 29.7 Å². The van der Waals surface area contributed by atoms with Crippen molar-refractivity contribution >= 4 is 12.0 Å². The van der Waals surface area contributed by atoms with Crippen molar-refractivity contribution in [1.82, 2.24) is 20.4 Å². The van der Waals surface area contributed by atoms with E-state index in [1.165, 1.54) is 11.0 Å². The maximum atomic E-state index is 14.3. The molecule has 1 aliphatic heterocycles. The normalized spacial score (nSPS) is 20.7. The molecule has 12 heteroatoms. The van der Waals surface area contributed by atoms with E-state index in [4.69, 9.17) is 9.15 Å². The number of carbonyl (C=O) groups is 2. The first kappa shape index (κ1) is 24.7. The summed E-state index contributed by atoms with van der Waals surface area (Å²) in [5, 5.41) is 9.42. The molecule has 2 heterocycles. The largest absolute Gasteiger partial charge is 0.445 e. The maximum Gasteiger partial charge on any atom is 0.407 e. The van der Waals surface area contributed by atoms with Crippen molar-refractivity contribution in [2.75, 3.05) is 0 Å². The molecule has 1 aromatic heterocycles. The molecular formula is C25H22F4N4O4. The summed E-state index contributed by atoms with van der Waals surface area (Å²) in [7, 11) is 0. The van der Waals surface area contributed by atoms with Gasteiger partial charge in [-0.1, -0.05) is 36.4 Å². The highest BCUT2D eigenvalue weighted by Crippen LogP contribution is 2.39. The van der Waals surface area contributed by atoms with E-state index in [0.717, 1.165) is 5.56 Å². The Kier molecular flexibility index (Phi) is 6.57. The minimum Gasteiger partial charge on any atom is -0.445 e. The Balaban J connectivity index is 1.31. The van der Waals surface area contributed by atoms with Crippen LogP contribution in [0.15, 0.2) is 52.9 Å². The van der Waals surface area contributed by atoms with Crippen LogP contribution < -0.4 is 5.32 Å². The number of aromatic nitrogens is 2. The lowest BCUT2D eigenvalue weighted by atomic mass is 9.86. The Labute approximate surface area is 208 Å². The molecule has 37 heavy (non-hydrogen) atoms. The zero-order valence-electron chi connectivity index (χ0n) is 19.4. The van der Waals surface area contributed by atoms with E-state index in [1.54, 1.807) is 36.4 Å². The van der Waals surface area contributed by atoms with Gasteiger partial charge in [0.2, 0.25) is 11.8 Å². The molecule has 8 nitrogen and oxygen atoms in total. The van der Waals surface area contributed by atoms with Crippen LogP contribution >= 0.6 is 0 Å². The van der Waals surface area contributed by atoms with E-state index in [2.05, 4.69) is 15.5 Å². The van der Waals surface area contributed by atoms with Crippen molar-refractivity contribution in [3.8, 4) is 11.5 Å². The van der Waals surface area contributed by atoms with Crippen LogP contribution in [-0.2, 0) is 17.9 Å². The second-order valence-corrected chi connectivity index (χ2v) is 9.03. The average Bonchev–Trinajstić information content (AvgIpc) is 3.49. The van der Waals surface area contributed by atoms with Crippen molar-refractivity contribution in [2.24, 2.45) is 0 Å². The molecule has 3 aromatic rings. The summed E-state index contributed by atoms with van der Waals surface area (Å²) in [6, 6.07) is 11.8. The second-order valence-electron chi connectivity index (χ2n) is 9.03. The summed E-state index contributed by atoms with van der Waals surface area (Å²) in [6.45, 7) is 0.119. The molecule has 0 saturated heterocycles. The van der Waals surface area contributed by atoms with Gasteiger partial charge in [-0.3, -0.25) is 4.79 Å². The predicted octanol–water partition coefficient (Wildman–Crippen LogP) is 5.11. The number of halogens is 4. The van der Waals surface area contributed by atoms with Gasteiger partial charge in [-0.15, -0.1) is 10.2 Å². The molecule has 2 aromatic carbocycles. The van der Waals surface area contributed by atoms with E-state index in [0.29, 0.717) is 5.56 Å². The molecule has 5 rings (SSSR count). The molecule has 2 aliphatic rings. The van der Waals surface area contributed by atoms with E-state index in [1.807, 2.05) is 6.07 Å². The summed E-state index contributed by atoms with van der Waals surface area (Å²) in [4.78, 5) is 27.2. The number of hydrogen-bond donors (Lipinski definition) is 1. The Morgan fingerprint density at radius 2 is 1.97 bits per heavy atom. The van der Waals surface area contributed by atoms with Crippen LogP contribution in [0, 0.1) is 0 Å². The van der Waals surface area contributed by atoms with Gasteiger partial charge < -0.3 is 19.4 Å². The van der Waals surface area contributed by atoms with E-state index in [9.17, 15) is 27.2 Å². The number of fused-ring (bicyclic) bond motifs is 1. The molecule has 1 fully saturated rings. The molecular weight excluding hydrogens is 496 g/mol. The van der Waals surface area contributed by atoms with Crippen LogP contribution in [0.4, 0.5) is 22.4 Å². The number of amides is 2. The third kappa shape index (κ3) is 5.27. The Bertz CT molecular complexity index is 1300. The first-order valence-corrected chi connectivity index (χ1v) is 11.6. The molecule has 0 bridgehead atoms. The minimum atomic E-state index is -3.00. The third-order valence-corrected chi connectivity index (χ3v) is 6.52. The summed E-state index contributed by atoms with van der Waals surface area (Å²) >= 11 is 0. The number of hydrogen-bond acceptors (Lipinski definition) is 6. The molecule has 1 saturated carbocycles. The monoisotopic (exact) mass is 518 g/mol. The standard InChI is InChI=1S/C25H22F4N4O4/c26-20(27)22-32-31-21(37-22)15-6-7-16-12-33(23(34)17(16)10-15)19-8-9-25(28,29)11-18(19)30-24(35)36-13-14-4-2-1-3-5-14/h1-7,10,18-20H,8-9,11-13H2,(H,30,35)/t18-,19-/m1/s1. The quantitative estimate of drug-likeness (QED) is 0.456. The lowest BCUT2D eigenvalue weighted by Crippen LogP contribution is -2.56. The molecule has 2 atom stereocenters. The van der Waals surface area contributed by atoms with Gasteiger partial charge in [-0.25, -0.2) is 13.6 Å². The van der Waals surface area contributed by atoms with E-state index in [-0.39, 0.29) is 36.6 Å². The van der Waals surface area contributed by atoms with Gasteiger partial charge >= 0.3 is 12.5 Å². The molecule has 2 amide bonds. The van der Waals surface area contributed by atoms with Crippen molar-refractivity contribution in [2.45, 2.75) is 56.8 Å². The summed E-state index contributed by atoms with van der Waals surface area (Å²) in [6.07, 6.45) is -4.87. The number of nitrogens with zero attached hydrogens (tertiary/aromatic N) is 3. The van der Waals surface area contributed by atoms with E-state index < -0.39 is 55.2 Å². The Morgan fingerprint density at radius 1 is 1.19 bits per heavy atom. The smallest absolute Gasteiger partial charge is 0.407 e. The van der Waals surface area contributed by atoms with E-state index >= 15 is 0 Å². The fourth-order valence-electron chi connectivity index (χ4n) is 4.72. The molecule has 194 valence electrons. The zero-order valence-corrected chi connectivity index (χ0v) is 19.4. The van der Waals surface area contributed by atoms with Crippen molar-refractivity contribution in [3.05, 3.63) is 71.1 Å². The van der Waals surface area contributed by atoms with Crippen LogP contribution in [-0.4, -0.2) is 45.1 Å². The van der Waals surface area contributed by atoms with Crippen LogP contribution in [0.1, 0.15) is 53.1 Å². The number of alkyl carbamates (subject to hydrolysis) is 1. The van der Waals surface area contributed by atoms with Crippen LogP contribution in [0.25, 0.3) is 11.5 Å². The summed E-state index contributed by atoms with van der Waals surface area (Å²) < 4.78 is 64.4. The predicted molar refractivity (Wildman–Crippen MR) is 121 cm³/mol. The molecule has 0 radical (unpaired) electrons. The highest BCUT2D eigenvalue weighted by molar-refractivity contribution is 5.99. The van der Waals surface area contributed by atoms with Gasteiger partial charge in [0.1, 0.15) is 6.61 Å². The number of rotatable bonds is 6. The van der Waals surface area contributed by atoms with Gasteiger partial charge in [0, 0.05) is 30.5 Å². The lowest BCUT2D eigenvalue weighted by Gasteiger charge is -2.40. The average molecular weight is 518 g/mol. The van der Waals surface area contributed by atoms with Crippen LogP contribution in [0.3, 0.4) is 0 Å². The molecule has 0 unspecified atom stereocenters. The van der Waals surface area contributed by atoms with Gasteiger partial charge in [-0.2, -0.15) is 8.78 Å². The number of carbonyl (C=O) groups excluding carboxylic acids is 2. The zero-order chi connectivity index (χ0) is 26.2. The van der Waals surface area contributed by atoms with Crippen molar-refractivity contribution < 1.29 is 36.3 Å². The SMILES string of the molecule is O=C(N[C@@H]1CC(F)(F)CC[C@H]1N1Cc2ccc(-c3nnc(C(F)F)o3)cc2C1=O)OCc1ccccc1. The summed E-state index contributed by atoms with van der Waals surface area (Å²) in [5.41, 5.74) is 1.93. The van der Waals surface area contributed by atoms with Gasteiger partial charge in [0.25, 0.3) is 11.8 Å². The maximum absolute atomic E-state index is 14.3. The third-order valence-electron chi connectivity index (χ3n) is 6.52. The fourth-order valence-corrected chi connectivity index (χ4v) is 4.72. The first-order valence-electron chi connectivity index (χ1n) is 11.6. The van der Waals surface area contributed by atoms with Crippen LogP contribution in [0.5, 0.6) is 0 Å². The topological polar surface area (TPSA) is 97.6 Å². The second kappa shape index (κ2) is 9.83. The first-order chi connectivity index (χ1) is 17.7. The fraction of sp³-hybridized carbons (Fsp3) is 0.360. The summed E-state index contributed by atoms with van der Waals surface area (Å²) in [5.74, 6) is -4.43. The number of nitrogens with one attached hydrogen (secondary N) is 1. The number of ether oxygens (including phenoxy) is 1. The minimum absolute atomic E-state index is 0.0232. The molecule has 0 spiro atoms. The number of benzene rings is 2. The molecule has 1 N–H and O–H groups in total. The number of alkyl halides is 4. The Morgan fingerprint density at radius 3 is 2.70 bits per heavy atom. The van der Waals surface area contributed by atoms with Gasteiger partial charge in [0.15, 0.2) is 0 Å².